The van der Waals surface area contributed by atoms with E-state index >= 15 is 0 Å². The highest BCUT2D eigenvalue weighted by Crippen LogP contribution is 2.50. The fraction of sp³-hybridized carbons (Fsp3) is 0.250. The van der Waals surface area contributed by atoms with Crippen LogP contribution >= 0.6 is 0 Å². The number of methoxy groups -OCH3 is 1. The maximum atomic E-state index is 11.4. The Morgan fingerprint density at radius 3 is 2.78 bits per heavy atom. The van der Waals surface area contributed by atoms with E-state index in [0.717, 1.165) is 23.2 Å². The second-order valence-electron chi connectivity index (χ2n) is 6.75. The summed E-state index contributed by atoms with van der Waals surface area (Å²) in [5.74, 6) is -0.793. The number of nitro groups is 1. The second kappa shape index (κ2) is 6.42. The molecule has 4 rings (SSSR count). The number of carboxylic acid groups (broad SMARTS) is 1. The zero-order chi connectivity index (χ0) is 19.1. The van der Waals surface area contributed by atoms with Gasteiger partial charge in [-0.1, -0.05) is 24.3 Å². The molecule has 0 radical (unpaired) electrons. The number of rotatable bonds is 4. The zero-order valence-corrected chi connectivity index (χ0v) is 14.5. The standard InChI is InChI=1S/C20H18N2O5/c1-27-18-8-6-11(10-17(18)22(25)26)19-14-4-2-3-13(14)15-9-12(20(23)24)5-7-16(15)21-19/h2-3,5-10,13-14,19,21H,4H2,1H3,(H,23,24)/p-1/t13-,14+,19+/m0/s1. The van der Waals surface area contributed by atoms with Crippen molar-refractivity contribution in [3.63, 3.8) is 0 Å². The van der Waals surface area contributed by atoms with Crippen LogP contribution in [0.4, 0.5) is 11.4 Å². The molecular formula is C20H17N2O5-. The van der Waals surface area contributed by atoms with E-state index in [2.05, 4.69) is 17.5 Å². The lowest BCUT2D eigenvalue weighted by molar-refractivity contribution is -0.385. The number of nitrogens with one attached hydrogen (secondary N) is 1. The summed E-state index contributed by atoms with van der Waals surface area (Å²) in [6.45, 7) is 0. The van der Waals surface area contributed by atoms with Gasteiger partial charge in [0, 0.05) is 17.7 Å². The number of hydrogen-bond donors (Lipinski definition) is 1. The second-order valence-corrected chi connectivity index (χ2v) is 6.75. The van der Waals surface area contributed by atoms with Crippen LogP contribution < -0.4 is 15.2 Å². The summed E-state index contributed by atoms with van der Waals surface area (Å²) in [4.78, 5) is 22.1. The Morgan fingerprint density at radius 1 is 1.26 bits per heavy atom. The maximum Gasteiger partial charge on any atom is 0.311 e. The molecule has 138 valence electrons. The van der Waals surface area contributed by atoms with Gasteiger partial charge in [-0.2, -0.15) is 0 Å². The molecule has 1 heterocycles. The van der Waals surface area contributed by atoms with E-state index in [9.17, 15) is 20.0 Å². The van der Waals surface area contributed by atoms with Gasteiger partial charge in [0.15, 0.2) is 5.75 Å². The highest BCUT2D eigenvalue weighted by molar-refractivity contribution is 5.87. The molecule has 3 atom stereocenters. The first kappa shape index (κ1) is 17.1. The van der Waals surface area contributed by atoms with Crippen LogP contribution in [0.15, 0.2) is 48.6 Å². The average Bonchev–Trinajstić information content (AvgIpc) is 3.16. The summed E-state index contributed by atoms with van der Waals surface area (Å²) in [5.41, 5.74) is 2.62. The van der Waals surface area contributed by atoms with Gasteiger partial charge in [-0.05, 0) is 47.2 Å². The summed E-state index contributed by atoms with van der Waals surface area (Å²) < 4.78 is 5.09. The van der Waals surface area contributed by atoms with Gasteiger partial charge in [-0.25, -0.2) is 0 Å². The first-order valence-corrected chi connectivity index (χ1v) is 8.60. The molecule has 0 fully saturated rings. The molecule has 1 N–H and O–H groups in total. The fourth-order valence-corrected chi connectivity index (χ4v) is 4.09. The van der Waals surface area contributed by atoms with E-state index in [0.29, 0.717) is 0 Å². The van der Waals surface area contributed by atoms with E-state index < -0.39 is 10.9 Å². The topological polar surface area (TPSA) is 105 Å². The monoisotopic (exact) mass is 365 g/mol. The van der Waals surface area contributed by atoms with Crippen LogP contribution in [0.25, 0.3) is 0 Å². The molecule has 0 unspecified atom stereocenters. The molecule has 0 spiro atoms. The third-order valence-corrected chi connectivity index (χ3v) is 5.36. The van der Waals surface area contributed by atoms with Gasteiger partial charge < -0.3 is 20.0 Å². The summed E-state index contributed by atoms with van der Waals surface area (Å²) in [5, 5.41) is 26.0. The summed E-state index contributed by atoms with van der Waals surface area (Å²) in [7, 11) is 1.41. The minimum atomic E-state index is -1.20. The maximum absolute atomic E-state index is 11.4. The van der Waals surface area contributed by atoms with Gasteiger partial charge in [0.2, 0.25) is 0 Å². The molecule has 1 aliphatic heterocycles. The summed E-state index contributed by atoms with van der Waals surface area (Å²) in [6, 6.07) is 9.75. The van der Waals surface area contributed by atoms with Crippen molar-refractivity contribution in [1.82, 2.24) is 0 Å². The van der Waals surface area contributed by atoms with E-state index in [1.165, 1.54) is 13.2 Å². The van der Waals surface area contributed by atoms with Gasteiger partial charge in [-0.3, -0.25) is 10.1 Å². The lowest BCUT2D eigenvalue weighted by Gasteiger charge is -2.37. The Morgan fingerprint density at radius 2 is 2.07 bits per heavy atom. The third-order valence-electron chi connectivity index (χ3n) is 5.36. The van der Waals surface area contributed by atoms with Crippen molar-refractivity contribution in [2.45, 2.75) is 18.4 Å². The normalized spacial score (nSPS) is 22.5. The molecule has 2 aromatic carbocycles. The lowest BCUT2D eigenvalue weighted by Crippen LogP contribution is -2.30. The number of ether oxygens (including phenoxy) is 1. The SMILES string of the molecule is COc1ccc([C@H]2Nc3ccc(C(=O)[O-])cc3[C@H]3C=CC[C@H]32)cc1[N+](=O)[O-]. The minimum absolute atomic E-state index is 0.0479. The number of carboxylic acids is 1. The molecule has 27 heavy (non-hydrogen) atoms. The fourth-order valence-electron chi connectivity index (χ4n) is 4.09. The van der Waals surface area contributed by atoms with Gasteiger partial charge in [0.1, 0.15) is 0 Å². The predicted octanol–water partition coefficient (Wildman–Crippen LogP) is 2.79. The molecule has 0 saturated heterocycles. The number of carbonyl (C=O) groups excluding carboxylic acids is 1. The number of aromatic carboxylic acids is 1. The van der Waals surface area contributed by atoms with Gasteiger partial charge in [0.25, 0.3) is 0 Å². The predicted molar refractivity (Wildman–Crippen MR) is 96.8 cm³/mol. The zero-order valence-electron chi connectivity index (χ0n) is 14.5. The molecular weight excluding hydrogens is 348 g/mol. The van der Waals surface area contributed by atoms with Gasteiger partial charge in [0.05, 0.1) is 24.0 Å². The van der Waals surface area contributed by atoms with Crippen LogP contribution in [-0.4, -0.2) is 18.0 Å². The molecule has 0 bridgehead atoms. The van der Waals surface area contributed by atoms with E-state index in [4.69, 9.17) is 4.74 Å². The van der Waals surface area contributed by atoms with Crippen LogP contribution in [0.5, 0.6) is 5.75 Å². The number of nitro benzene ring substituents is 1. The minimum Gasteiger partial charge on any atom is -0.545 e. The van der Waals surface area contributed by atoms with E-state index in [-0.39, 0.29) is 34.9 Å². The number of carbonyl (C=O) groups is 1. The molecule has 0 aromatic heterocycles. The van der Waals surface area contributed by atoms with Crippen molar-refractivity contribution < 1.29 is 19.6 Å². The van der Waals surface area contributed by atoms with Crippen LogP contribution in [0.1, 0.15) is 39.9 Å². The lowest BCUT2D eigenvalue weighted by atomic mass is 9.76. The van der Waals surface area contributed by atoms with Crippen molar-refractivity contribution in [2.24, 2.45) is 5.92 Å². The van der Waals surface area contributed by atoms with Gasteiger partial charge in [-0.15, -0.1) is 0 Å². The number of benzene rings is 2. The van der Waals surface area contributed by atoms with Crippen molar-refractivity contribution in [3.05, 3.63) is 75.4 Å². The highest BCUT2D eigenvalue weighted by atomic mass is 16.6. The van der Waals surface area contributed by atoms with Crippen LogP contribution in [-0.2, 0) is 0 Å². The average molecular weight is 365 g/mol. The Bertz CT molecular complexity index is 969. The Hall–Kier alpha value is -3.35. The number of fused-ring (bicyclic) bond motifs is 3. The third kappa shape index (κ3) is 2.81. The number of anilines is 1. The molecule has 7 heteroatoms. The van der Waals surface area contributed by atoms with E-state index in [1.54, 1.807) is 24.3 Å². The first-order valence-electron chi connectivity index (χ1n) is 8.60. The first-order chi connectivity index (χ1) is 13.0. The number of hydrogen-bond acceptors (Lipinski definition) is 6. The van der Waals surface area contributed by atoms with Crippen LogP contribution in [0, 0.1) is 16.0 Å². The quantitative estimate of drug-likeness (QED) is 0.507. The molecule has 2 aromatic rings. The van der Waals surface area contributed by atoms with Crippen LogP contribution in [0.2, 0.25) is 0 Å². The number of nitrogens with zero attached hydrogens (tertiary/aromatic N) is 1. The highest BCUT2D eigenvalue weighted by Gasteiger charge is 2.38. The van der Waals surface area contributed by atoms with Crippen LogP contribution in [0.3, 0.4) is 0 Å². The molecule has 2 aliphatic rings. The molecule has 0 amide bonds. The Balaban J connectivity index is 1.77. The van der Waals surface area contributed by atoms with Gasteiger partial charge >= 0.3 is 5.69 Å². The van der Waals surface area contributed by atoms with E-state index in [1.807, 2.05) is 6.07 Å². The van der Waals surface area contributed by atoms with Crippen molar-refractivity contribution >= 4 is 17.3 Å². The largest absolute Gasteiger partial charge is 0.545 e. The summed E-state index contributed by atoms with van der Waals surface area (Å²) >= 11 is 0. The Labute approximate surface area is 155 Å². The smallest absolute Gasteiger partial charge is 0.311 e. The number of allylic oxidation sites excluding steroid dienone is 2. The van der Waals surface area contributed by atoms with Crippen molar-refractivity contribution in [2.75, 3.05) is 12.4 Å². The summed E-state index contributed by atoms with van der Waals surface area (Å²) in [6.07, 6.45) is 4.95. The molecule has 0 saturated carbocycles. The molecule has 7 nitrogen and oxygen atoms in total. The van der Waals surface area contributed by atoms with Crippen molar-refractivity contribution in [3.8, 4) is 5.75 Å². The van der Waals surface area contributed by atoms with Crippen molar-refractivity contribution in [1.29, 1.82) is 0 Å². The Kier molecular flexibility index (Phi) is 4.07. The molecule has 1 aliphatic carbocycles.